The van der Waals surface area contributed by atoms with E-state index >= 15 is 0 Å². The normalized spacial score (nSPS) is 22.4. The highest BCUT2D eigenvalue weighted by molar-refractivity contribution is 7.88. The fourth-order valence-electron chi connectivity index (χ4n) is 4.05. The monoisotopic (exact) mass is 404 g/mol. The smallest absolute Gasteiger partial charge is 0.241 e. The molecular formula is C20H28N4O3S. The molecule has 1 atom stereocenters. The summed E-state index contributed by atoms with van der Waals surface area (Å²) < 4.78 is 25.5. The van der Waals surface area contributed by atoms with Crippen LogP contribution in [0.15, 0.2) is 24.3 Å². The summed E-state index contributed by atoms with van der Waals surface area (Å²) in [7, 11) is -3.37. The zero-order chi connectivity index (χ0) is 20.1. The molecule has 1 unspecified atom stereocenters. The highest BCUT2D eigenvalue weighted by Crippen LogP contribution is 2.22. The highest BCUT2D eigenvalue weighted by atomic mass is 32.2. The van der Waals surface area contributed by atoms with Gasteiger partial charge in [-0.15, -0.1) is 0 Å². The summed E-state index contributed by atoms with van der Waals surface area (Å²) in [5.41, 5.74) is 1.80. The molecule has 28 heavy (non-hydrogen) atoms. The van der Waals surface area contributed by atoms with Gasteiger partial charge in [-0.25, -0.2) is 8.42 Å². The molecule has 8 heteroatoms. The predicted octanol–water partition coefficient (Wildman–Crippen LogP) is 1.41. The number of hydrogen-bond acceptors (Lipinski definition) is 5. The second kappa shape index (κ2) is 9.03. The lowest BCUT2D eigenvalue weighted by molar-refractivity contribution is -0.136. The van der Waals surface area contributed by atoms with Crippen LogP contribution in [0.4, 0.5) is 0 Å². The van der Waals surface area contributed by atoms with Crippen LogP contribution in [0.3, 0.4) is 0 Å². The van der Waals surface area contributed by atoms with Crippen LogP contribution in [0.5, 0.6) is 0 Å². The molecule has 2 heterocycles. The van der Waals surface area contributed by atoms with Crippen molar-refractivity contribution in [3.63, 3.8) is 0 Å². The maximum Gasteiger partial charge on any atom is 0.241 e. The number of hydrogen-bond donors (Lipinski definition) is 0. The van der Waals surface area contributed by atoms with Crippen LogP contribution in [0.1, 0.15) is 36.8 Å². The third-order valence-electron chi connectivity index (χ3n) is 5.55. The van der Waals surface area contributed by atoms with Crippen molar-refractivity contribution in [2.75, 3.05) is 39.0 Å². The number of nitriles is 1. The lowest BCUT2D eigenvalue weighted by Crippen LogP contribution is -2.53. The highest BCUT2D eigenvalue weighted by Gasteiger charge is 2.37. The number of carbonyl (C=O) groups excluding carboxylic acids is 1. The molecule has 2 fully saturated rings. The fraction of sp³-hybridized carbons (Fsp3) is 0.600. The molecule has 0 spiro atoms. The van der Waals surface area contributed by atoms with Gasteiger partial charge < -0.3 is 4.90 Å². The first kappa shape index (κ1) is 20.8. The van der Waals surface area contributed by atoms with E-state index in [2.05, 4.69) is 11.0 Å². The molecule has 0 saturated carbocycles. The third kappa shape index (κ3) is 5.10. The van der Waals surface area contributed by atoms with Crippen molar-refractivity contribution >= 4 is 15.9 Å². The number of carbonyl (C=O) groups is 1. The predicted molar refractivity (Wildman–Crippen MR) is 107 cm³/mol. The van der Waals surface area contributed by atoms with Gasteiger partial charge in [0, 0.05) is 39.3 Å². The van der Waals surface area contributed by atoms with Crippen molar-refractivity contribution in [1.82, 2.24) is 14.1 Å². The van der Waals surface area contributed by atoms with Gasteiger partial charge in [0.1, 0.15) is 6.04 Å². The first-order valence-electron chi connectivity index (χ1n) is 9.85. The second-order valence-electron chi connectivity index (χ2n) is 7.65. The van der Waals surface area contributed by atoms with Gasteiger partial charge in [-0.2, -0.15) is 9.57 Å². The van der Waals surface area contributed by atoms with Crippen LogP contribution in [0.25, 0.3) is 0 Å². The average Bonchev–Trinajstić information content (AvgIpc) is 2.93. The number of nitrogens with zero attached hydrogens (tertiary/aromatic N) is 4. The zero-order valence-electron chi connectivity index (χ0n) is 16.4. The fourth-order valence-corrected chi connectivity index (χ4v) is 5.17. The molecule has 1 amide bonds. The molecule has 1 aromatic rings. The Morgan fingerprint density at radius 2 is 1.82 bits per heavy atom. The summed E-state index contributed by atoms with van der Waals surface area (Å²) in [5, 5.41) is 8.91. The Balaban J connectivity index is 1.60. The van der Waals surface area contributed by atoms with Crippen molar-refractivity contribution in [2.24, 2.45) is 0 Å². The summed E-state index contributed by atoms with van der Waals surface area (Å²) in [4.78, 5) is 17.2. The molecule has 152 valence electrons. The van der Waals surface area contributed by atoms with Gasteiger partial charge in [0.15, 0.2) is 0 Å². The molecule has 0 aromatic heterocycles. The van der Waals surface area contributed by atoms with Gasteiger partial charge in [0.2, 0.25) is 15.9 Å². The second-order valence-corrected chi connectivity index (χ2v) is 9.58. The lowest BCUT2D eigenvalue weighted by Gasteiger charge is -2.35. The summed E-state index contributed by atoms with van der Waals surface area (Å²) in [6.45, 7) is 4.15. The van der Waals surface area contributed by atoms with E-state index < -0.39 is 16.1 Å². The summed E-state index contributed by atoms with van der Waals surface area (Å²) >= 11 is 0. The third-order valence-corrected chi connectivity index (χ3v) is 6.84. The first-order chi connectivity index (χ1) is 13.4. The van der Waals surface area contributed by atoms with E-state index in [0.717, 1.165) is 44.5 Å². The van der Waals surface area contributed by atoms with Crippen LogP contribution in [0, 0.1) is 11.3 Å². The SMILES string of the molecule is CS(=O)(=O)N1CCCCC1C(=O)N1CCCN(Cc2ccc(C#N)cc2)CC1. The minimum Gasteiger partial charge on any atom is -0.340 e. The Morgan fingerprint density at radius 1 is 1.07 bits per heavy atom. The minimum absolute atomic E-state index is 0.0506. The molecule has 0 bridgehead atoms. The molecule has 3 rings (SSSR count). The zero-order valence-corrected chi connectivity index (χ0v) is 17.2. The number of amides is 1. The lowest BCUT2D eigenvalue weighted by atomic mass is 10.0. The quantitative estimate of drug-likeness (QED) is 0.757. The maximum atomic E-state index is 13.1. The van der Waals surface area contributed by atoms with E-state index in [1.165, 1.54) is 10.6 Å². The average molecular weight is 405 g/mol. The van der Waals surface area contributed by atoms with Crippen molar-refractivity contribution in [3.8, 4) is 6.07 Å². The summed E-state index contributed by atoms with van der Waals surface area (Å²) in [6.07, 6.45) is 4.38. The molecule has 2 aliphatic rings. The Labute approximate surface area is 167 Å². The van der Waals surface area contributed by atoms with E-state index in [9.17, 15) is 13.2 Å². The molecular weight excluding hydrogens is 376 g/mol. The minimum atomic E-state index is -3.37. The van der Waals surface area contributed by atoms with E-state index in [0.29, 0.717) is 31.6 Å². The standard InChI is InChI=1S/C20H28N4O3S/c1-28(26,27)24-12-3-2-5-19(24)20(25)23-11-4-10-22(13-14-23)16-18-8-6-17(15-21)7-9-18/h6-9,19H,2-5,10-14,16H2,1H3. The van der Waals surface area contributed by atoms with Crippen LogP contribution in [-0.4, -0.2) is 73.5 Å². The van der Waals surface area contributed by atoms with Crippen molar-refractivity contribution in [1.29, 1.82) is 5.26 Å². The van der Waals surface area contributed by atoms with Crippen LogP contribution in [0.2, 0.25) is 0 Å². The molecule has 1 aromatic carbocycles. The Bertz CT molecular complexity index is 832. The van der Waals surface area contributed by atoms with Gasteiger partial charge in [-0.05, 0) is 37.0 Å². The summed E-state index contributed by atoms with van der Waals surface area (Å²) in [6, 6.07) is 9.17. The van der Waals surface area contributed by atoms with Crippen LogP contribution >= 0.6 is 0 Å². The molecule has 0 aliphatic carbocycles. The molecule has 0 N–H and O–H groups in total. The molecule has 2 saturated heterocycles. The molecule has 0 radical (unpaired) electrons. The van der Waals surface area contributed by atoms with Crippen LogP contribution < -0.4 is 0 Å². The van der Waals surface area contributed by atoms with Gasteiger partial charge >= 0.3 is 0 Å². The van der Waals surface area contributed by atoms with Gasteiger partial charge in [0.25, 0.3) is 0 Å². The first-order valence-corrected chi connectivity index (χ1v) is 11.7. The van der Waals surface area contributed by atoms with Crippen molar-refractivity contribution in [3.05, 3.63) is 35.4 Å². The van der Waals surface area contributed by atoms with Gasteiger partial charge in [-0.3, -0.25) is 9.69 Å². The Morgan fingerprint density at radius 3 is 2.50 bits per heavy atom. The van der Waals surface area contributed by atoms with E-state index in [1.807, 2.05) is 29.2 Å². The summed E-state index contributed by atoms with van der Waals surface area (Å²) in [5.74, 6) is -0.0506. The Kier molecular flexibility index (Phi) is 6.70. The largest absolute Gasteiger partial charge is 0.340 e. The van der Waals surface area contributed by atoms with Gasteiger partial charge in [0.05, 0.1) is 17.9 Å². The van der Waals surface area contributed by atoms with Crippen molar-refractivity contribution < 1.29 is 13.2 Å². The van der Waals surface area contributed by atoms with Gasteiger partial charge in [-0.1, -0.05) is 18.6 Å². The topological polar surface area (TPSA) is 84.7 Å². The Hall–Kier alpha value is -1.95. The maximum absolute atomic E-state index is 13.1. The molecule has 7 nitrogen and oxygen atoms in total. The number of rotatable bonds is 4. The molecule has 2 aliphatic heterocycles. The number of sulfonamides is 1. The number of piperidine rings is 1. The van der Waals surface area contributed by atoms with E-state index in [-0.39, 0.29) is 5.91 Å². The van der Waals surface area contributed by atoms with Crippen LogP contribution in [-0.2, 0) is 21.4 Å². The van der Waals surface area contributed by atoms with E-state index in [1.54, 1.807) is 0 Å². The number of benzene rings is 1. The van der Waals surface area contributed by atoms with E-state index in [4.69, 9.17) is 5.26 Å². The van der Waals surface area contributed by atoms with Crippen molar-refractivity contribution in [2.45, 2.75) is 38.3 Å².